The molecule has 0 aromatic carbocycles. The molecule has 3 N–H and O–H groups in total. The number of hydrogen-bond donors (Lipinski definition) is 2. The lowest BCUT2D eigenvalue weighted by Crippen LogP contribution is -2.52. The van der Waals surface area contributed by atoms with Gasteiger partial charge in [0.05, 0.1) is 10.4 Å². The third-order valence-electron chi connectivity index (χ3n) is 3.59. The highest BCUT2D eigenvalue weighted by Crippen LogP contribution is 2.28. The average Bonchev–Trinajstić information content (AvgIpc) is 3.14. The van der Waals surface area contributed by atoms with Crippen molar-refractivity contribution in [1.82, 2.24) is 10.3 Å². The van der Waals surface area contributed by atoms with E-state index in [-0.39, 0.29) is 36.3 Å². The number of nitrogens with zero attached hydrogens (tertiary/aromatic N) is 1. The van der Waals surface area contributed by atoms with E-state index in [1.165, 1.54) is 11.3 Å². The van der Waals surface area contributed by atoms with Crippen LogP contribution in [0.3, 0.4) is 0 Å². The zero-order chi connectivity index (χ0) is 14.6. The maximum absolute atomic E-state index is 12.3. The molecule has 0 aliphatic heterocycles. The fraction of sp³-hybridized carbons (Fsp3) is 0.429. The van der Waals surface area contributed by atoms with E-state index in [1.54, 1.807) is 16.7 Å². The monoisotopic (exact) mass is 381 g/mol. The molecule has 4 nitrogen and oxygen atoms in total. The SMILES string of the molecule is CCC(CC)(CN)NC(=O)c1csc(-c2cccs2)n1.Cl.Cl. The van der Waals surface area contributed by atoms with E-state index in [4.69, 9.17) is 5.73 Å². The van der Waals surface area contributed by atoms with Gasteiger partial charge in [-0.05, 0) is 24.3 Å². The van der Waals surface area contributed by atoms with Crippen LogP contribution in [0.2, 0.25) is 0 Å². The molecule has 0 atom stereocenters. The second-order valence-corrected chi connectivity index (χ2v) is 6.47. The van der Waals surface area contributed by atoms with Gasteiger partial charge in [-0.3, -0.25) is 4.79 Å². The minimum Gasteiger partial charge on any atom is -0.344 e. The molecule has 1 amide bonds. The van der Waals surface area contributed by atoms with Gasteiger partial charge in [0.15, 0.2) is 0 Å². The standard InChI is InChI=1S/C14H19N3OS2.2ClH/c1-3-14(4-2,9-15)17-12(18)10-8-20-13(16-10)11-6-5-7-19-11;;/h5-8H,3-4,9,15H2,1-2H3,(H,17,18);2*1H. The smallest absolute Gasteiger partial charge is 0.271 e. The van der Waals surface area contributed by atoms with Crippen LogP contribution >= 0.6 is 47.5 Å². The minimum absolute atomic E-state index is 0. The second kappa shape index (κ2) is 9.47. The lowest BCUT2D eigenvalue weighted by Gasteiger charge is -2.31. The fourth-order valence-corrected chi connectivity index (χ4v) is 3.58. The van der Waals surface area contributed by atoms with Gasteiger partial charge < -0.3 is 11.1 Å². The van der Waals surface area contributed by atoms with Gasteiger partial charge in [-0.15, -0.1) is 47.5 Å². The fourth-order valence-electron chi connectivity index (χ4n) is 1.96. The molecule has 2 rings (SSSR count). The van der Waals surface area contributed by atoms with Crippen LogP contribution < -0.4 is 11.1 Å². The first-order valence-corrected chi connectivity index (χ1v) is 8.42. The quantitative estimate of drug-likeness (QED) is 0.795. The molecule has 8 heteroatoms. The molecule has 124 valence electrons. The number of amides is 1. The Balaban J connectivity index is 0.00000220. The predicted molar refractivity (Wildman–Crippen MR) is 99.8 cm³/mol. The van der Waals surface area contributed by atoms with Crippen LogP contribution in [0.25, 0.3) is 9.88 Å². The Hall–Kier alpha value is -0.660. The van der Waals surface area contributed by atoms with E-state index in [2.05, 4.69) is 10.3 Å². The second-order valence-electron chi connectivity index (χ2n) is 4.66. The van der Waals surface area contributed by atoms with Crippen LogP contribution in [0, 0.1) is 0 Å². The van der Waals surface area contributed by atoms with E-state index in [0.717, 1.165) is 22.7 Å². The summed E-state index contributed by atoms with van der Waals surface area (Å²) in [6.45, 7) is 4.51. The number of thiazole rings is 1. The van der Waals surface area contributed by atoms with Crippen molar-refractivity contribution in [1.29, 1.82) is 0 Å². The van der Waals surface area contributed by atoms with Gasteiger partial charge in [0.25, 0.3) is 5.91 Å². The van der Waals surface area contributed by atoms with Gasteiger partial charge in [-0.2, -0.15) is 0 Å². The van der Waals surface area contributed by atoms with E-state index >= 15 is 0 Å². The van der Waals surface area contributed by atoms with Crippen LogP contribution in [0.1, 0.15) is 37.2 Å². The summed E-state index contributed by atoms with van der Waals surface area (Å²) in [6.07, 6.45) is 1.63. The molecule has 0 saturated heterocycles. The first kappa shape index (κ1) is 21.3. The van der Waals surface area contributed by atoms with Crippen molar-refractivity contribution in [2.45, 2.75) is 32.2 Å². The molecule has 0 aliphatic carbocycles. The van der Waals surface area contributed by atoms with Crippen molar-refractivity contribution in [3.63, 3.8) is 0 Å². The number of nitrogens with two attached hydrogens (primary N) is 1. The van der Waals surface area contributed by atoms with Gasteiger partial charge in [0, 0.05) is 11.9 Å². The van der Waals surface area contributed by atoms with E-state index in [9.17, 15) is 4.79 Å². The molecular weight excluding hydrogens is 361 g/mol. The number of rotatable bonds is 6. The molecule has 2 aromatic rings. The summed E-state index contributed by atoms with van der Waals surface area (Å²) in [5.74, 6) is -0.141. The number of thiophene rings is 1. The molecule has 0 radical (unpaired) electrons. The zero-order valence-corrected chi connectivity index (χ0v) is 15.8. The summed E-state index contributed by atoms with van der Waals surface area (Å²) in [5, 5.41) is 7.73. The first-order valence-electron chi connectivity index (χ1n) is 6.66. The van der Waals surface area contributed by atoms with E-state index < -0.39 is 0 Å². The highest BCUT2D eigenvalue weighted by molar-refractivity contribution is 7.20. The molecule has 22 heavy (non-hydrogen) atoms. The molecule has 0 unspecified atom stereocenters. The molecule has 0 spiro atoms. The average molecular weight is 382 g/mol. The highest BCUT2D eigenvalue weighted by Gasteiger charge is 2.27. The molecule has 0 aliphatic rings. The van der Waals surface area contributed by atoms with Gasteiger partial charge in [0.1, 0.15) is 10.7 Å². The summed E-state index contributed by atoms with van der Waals surface area (Å²) >= 11 is 3.12. The summed E-state index contributed by atoms with van der Waals surface area (Å²) in [4.78, 5) is 17.8. The van der Waals surface area contributed by atoms with Crippen LogP contribution in [0.5, 0.6) is 0 Å². The molecular formula is C14H21Cl2N3OS2. The Labute approximate surface area is 151 Å². The third kappa shape index (κ3) is 4.67. The maximum Gasteiger partial charge on any atom is 0.271 e. The zero-order valence-electron chi connectivity index (χ0n) is 12.5. The van der Waals surface area contributed by atoms with Crippen molar-refractivity contribution in [2.24, 2.45) is 5.73 Å². The largest absolute Gasteiger partial charge is 0.344 e. The Morgan fingerprint density at radius 2 is 2.00 bits per heavy atom. The van der Waals surface area contributed by atoms with Gasteiger partial charge in [0.2, 0.25) is 0 Å². The Morgan fingerprint density at radius 3 is 2.50 bits per heavy atom. The van der Waals surface area contributed by atoms with Gasteiger partial charge >= 0.3 is 0 Å². The Kier molecular flexibility index (Phi) is 9.19. The van der Waals surface area contributed by atoms with Crippen molar-refractivity contribution in [2.75, 3.05) is 6.54 Å². The van der Waals surface area contributed by atoms with Crippen molar-refractivity contribution in [3.8, 4) is 9.88 Å². The lowest BCUT2D eigenvalue weighted by atomic mass is 9.93. The summed E-state index contributed by atoms with van der Waals surface area (Å²) < 4.78 is 0. The first-order chi connectivity index (χ1) is 9.64. The summed E-state index contributed by atoms with van der Waals surface area (Å²) in [5.41, 5.74) is 5.95. The van der Waals surface area contributed by atoms with Crippen LogP contribution in [-0.2, 0) is 0 Å². The minimum atomic E-state index is -0.330. The molecule has 0 fully saturated rings. The van der Waals surface area contributed by atoms with Crippen molar-refractivity contribution < 1.29 is 4.79 Å². The normalized spacial score (nSPS) is 10.5. The van der Waals surface area contributed by atoms with Gasteiger partial charge in [-0.25, -0.2) is 4.98 Å². The Morgan fingerprint density at radius 1 is 1.32 bits per heavy atom. The van der Waals surface area contributed by atoms with E-state index in [0.29, 0.717) is 12.2 Å². The molecule has 2 aromatic heterocycles. The molecule has 0 saturated carbocycles. The topological polar surface area (TPSA) is 68.0 Å². The molecule has 0 bridgehead atoms. The van der Waals surface area contributed by atoms with Crippen LogP contribution in [-0.4, -0.2) is 23.0 Å². The van der Waals surface area contributed by atoms with Crippen molar-refractivity contribution >= 4 is 53.4 Å². The van der Waals surface area contributed by atoms with Gasteiger partial charge in [-0.1, -0.05) is 19.9 Å². The van der Waals surface area contributed by atoms with Crippen molar-refractivity contribution in [3.05, 3.63) is 28.6 Å². The van der Waals surface area contributed by atoms with Crippen LogP contribution in [0.4, 0.5) is 0 Å². The maximum atomic E-state index is 12.3. The number of halogens is 2. The number of aromatic nitrogens is 1. The number of hydrogen-bond acceptors (Lipinski definition) is 5. The highest BCUT2D eigenvalue weighted by atomic mass is 35.5. The summed E-state index contributed by atoms with van der Waals surface area (Å²) in [6, 6.07) is 3.99. The molecule has 2 heterocycles. The number of carbonyl (C=O) groups is 1. The Bertz CT molecular complexity index is 560. The number of carbonyl (C=O) groups excluding carboxylic acids is 1. The number of nitrogens with one attached hydrogen (secondary N) is 1. The predicted octanol–water partition coefficient (Wildman–Crippen LogP) is 3.96. The lowest BCUT2D eigenvalue weighted by molar-refractivity contribution is 0.0891. The van der Waals surface area contributed by atoms with Crippen LogP contribution in [0.15, 0.2) is 22.9 Å². The third-order valence-corrected chi connectivity index (χ3v) is 5.47. The summed E-state index contributed by atoms with van der Waals surface area (Å²) in [7, 11) is 0. The van der Waals surface area contributed by atoms with E-state index in [1.807, 2.05) is 31.4 Å².